The maximum absolute atomic E-state index is 12.8. The number of H-pyrrole nitrogens is 1. The van der Waals surface area contributed by atoms with Crippen LogP contribution in [0, 0.1) is 0 Å². The van der Waals surface area contributed by atoms with Crippen LogP contribution in [0.1, 0.15) is 12.5 Å². The van der Waals surface area contributed by atoms with Crippen LogP contribution >= 0.6 is 0 Å². The summed E-state index contributed by atoms with van der Waals surface area (Å²) in [4.78, 5) is 27.7. The summed E-state index contributed by atoms with van der Waals surface area (Å²) in [5.41, 5.74) is 2.19. The van der Waals surface area contributed by atoms with Gasteiger partial charge >= 0.3 is 0 Å². The van der Waals surface area contributed by atoms with Gasteiger partial charge in [0.2, 0.25) is 11.8 Å². The quantitative estimate of drug-likeness (QED) is 0.591. The maximum atomic E-state index is 12.8. The third-order valence-electron chi connectivity index (χ3n) is 4.32. The van der Waals surface area contributed by atoms with Crippen LogP contribution in [0.4, 0.5) is 5.69 Å². The van der Waals surface area contributed by atoms with Gasteiger partial charge < -0.3 is 15.6 Å². The Kier molecular flexibility index (Phi) is 5.51. The van der Waals surface area contributed by atoms with E-state index >= 15 is 0 Å². The summed E-state index contributed by atoms with van der Waals surface area (Å²) >= 11 is 0. The van der Waals surface area contributed by atoms with E-state index in [9.17, 15) is 18.0 Å². The number of fused-ring (bicyclic) bond motifs is 1. The summed E-state index contributed by atoms with van der Waals surface area (Å²) in [5.74, 6) is -0.754. The topological polar surface area (TPSA) is 108 Å². The largest absolute Gasteiger partial charge is 0.361 e. The van der Waals surface area contributed by atoms with Crippen molar-refractivity contribution in [3.05, 3.63) is 60.3 Å². The van der Waals surface area contributed by atoms with Crippen molar-refractivity contribution in [1.29, 1.82) is 0 Å². The fourth-order valence-electron chi connectivity index (χ4n) is 3.01. The number of hydrogen-bond acceptors (Lipinski definition) is 4. The first-order chi connectivity index (χ1) is 13.2. The second-order valence-electron chi connectivity index (χ2n) is 6.61. The molecule has 1 unspecified atom stereocenters. The molecule has 28 heavy (non-hydrogen) atoms. The summed E-state index contributed by atoms with van der Waals surface area (Å²) in [7, 11) is -3.39. The number of sulfone groups is 1. The van der Waals surface area contributed by atoms with Crippen molar-refractivity contribution >= 4 is 38.2 Å². The number of aromatic amines is 1. The van der Waals surface area contributed by atoms with Crippen LogP contribution in [-0.2, 0) is 25.8 Å². The highest BCUT2D eigenvalue weighted by Crippen LogP contribution is 2.20. The van der Waals surface area contributed by atoms with Gasteiger partial charge in [-0.15, -0.1) is 0 Å². The molecule has 0 saturated carbocycles. The van der Waals surface area contributed by atoms with E-state index in [0.29, 0.717) is 12.1 Å². The number of rotatable bonds is 6. The number of hydrogen-bond donors (Lipinski definition) is 3. The zero-order chi connectivity index (χ0) is 20.3. The van der Waals surface area contributed by atoms with Crippen LogP contribution in [0.2, 0.25) is 0 Å². The predicted molar refractivity (Wildman–Crippen MR) is 108 cm³/mol. The summed E-state index contributed by atoms with van der Waals surface area (Å²) in [6, 6.07) is 12.9. The number of aromatic nitrogens is 1. The molecule has 0 aliphatic rings. The monoisotopic (exact) mass is 399 g/mol. The van der Waals surface area contributed by atoms with Crippen molar-refractivity contribution in [3.63, 3.8) is 0 Å². The molecular weight excluding hydrogens is 378 g/mol. The first-order valence-corrected chi connectivity index (χ1v) is 10.6. The van der Waals surface area contributed by atoms with Gasteiger partial charge in [0.15, 0.2) is 9.84 Å². The Labute approximate surface area is 163 Å². The summed E-state index contributed by atoms with van der Waals surface area (Å²) < 4.78 is 23.4. The molecule has 1 atom stereocenters. The lowest BCUT2D eigenvalue weighted by Crippen LogP contribution is -2.44. The molecule has 0 saturated heterocycles. The highest BCUT2D eigenvalue weighted by atomic mass is 32.2. The van der Waals surface area contributed by atoms with Gasteiger partial charge in [-0.3, -0.25) is 9.59 Å². The van der Waals surface area contributed by atoms with Crippen LogP contribution in [-0.4, -0.2) is 37.5 Å². The van der Waals surface area contributed by atoms with Gasteiger partial charge in [-0.2, -0.15) is 0 Å². The van der Waals surface area contributed by atoms with E-state index in [1.807, 2.05) is 30.5 Å². The minimum Gasteiger partial charge on any atom is -0.361 e. The lowest BCUT2D eigenvalue weighted by atomic mass is 10.0. The molecule has 1 aromatic heterocycles. The Morgan fingerprint density at radius 1 is 1.11 bits per heavy atom. The van der Waals surface area contributed by atoms with Gasteiger partial charge in [0, 0.05) is 42.4 Å². The summed E-state index contributed by atoms with van der Waals surface area (Å²) in [6.45, 7) is 1.35. The minimum absolute atomic E-state index is 0.109. The van der Waals surface area contributed by atoms with Crippen LogP contribution in [0.25, 0.3) is 10.9 Å². The van der Waals surface area contributed by atoms with E-state index in [1.165, 1.54) is 19.1 Å². The van der Waals surface area contributed by atoms with Crippen LogP contribution in [0.5, 0.6) is 0 Å². The Morgan fingerprint density at radius 3 is 2.57 bits per heavy atom. The Bertz CT molecular complexity index is 1140. The number of amides is 2. The van der Waals surface area contributed by atoms with E-state index < -0.39 is 21.8 Å². The Morgan fingerprint density at radius 2 is 1.86 bits per heavy atom. The minimum atomic E-state index is -3.39. The van der Waals surface area contributed by atoms with Gasteiger partial charge in [-0.05, 0) is 29.8 Å². The van der Waals surface area contributed by atoms with Gasteiger partial charge in [0.25, 0.3) is 0 Å². The fourth-order valence-corrected chi connectivity index (χ4v) is 3.68. The smallest absolute Gasteiger partial charge is 0.247 e. The first-order valence-electron chi connectivity index (χ1n) is 8.67. The molecule has 0 fully saturated rings. The predicted octanol–water partition coefficient (Wildman–Crippen LogP) is 2.26. The Hall–Kier alpha value is -3.13. The van der Waals surface area contributed by atoms with Crippen molar-refractivity contribution in [2.45, 2.75) is 24.3 Å². The molecule has 7 nitrogen and oxygen atoms in total. The second-order valence-corrected chi connectivity index (χ2v) is 8.62. The molecule has 0 radical (unpaired) electrons. The molecule has 0 bridgehead atoms. The number of anilines is 1. The van der Waals surface area contributed by atoms with Crippen molar-refractivity contribution in [3.8, 4) is 0 Å². The highest BCUT2D eigenvalue weighted by molar-refractivity contribution is 7.90. The summed E-state index contributed by atoms with van der Waals surface area (Å²) in [5, 5.41) is 6.33. The van der Waals surface area contributed by atoms with Crippen LogP contribution < -0.4 is 10.6 Å². The van der Waals surface area contributed by atoms with Gasteiger partial charge in [-0.25, -0.2) is 8.42 Å². The Balaban J connectivity index is 1.83. The summed E-state index contributed by atoms with van der Waals surface area (Å²) in [6.07, 6.45) is 3.21. The number of nitrogens with one attached hydrogen (secondary N) is 3. The van der Waals surface area contributed by atoms with Gasteiger partial charge in [0.05, 0.1) is 4.90 Å². The van der Waals surface area contributed by atoms with E-state index in [1.54, 1.807) is 12.1 Å². The zero-order valence-electron chi connectivity index (χ0n) is 15.5. The van der Waals surface area contributed by atoms with Crippen LogP contribution in [0.3, 0.4) is 0 Å². The first kappa shape index (κ1) is 19.6. The molecule has 1 heterocycles. The third kappa shape index (κ3) is 4.58. The number of carbonyl (C=O) groups excluding carboxylic acids is 2. The molecule has 8 heteroatoms. The molecule has 3 aromatic rings. The average Bonchev–Trinajstić information content (AvgIpc) is 3.03. The number of carbonyl (C=O) groups is 2. The van der Waals surface area contributed by atoms with E-state index in [4.69, 9.17) is 0 Å². The van der Waals surface area contributed by atoms with E-state index in [-0.39, 0.29) is 10.8 Å². The molecule has 3 rings (SSSR count). The molecule has 3 N–H and O–H groups in total. The third-order valence-corrected chi connectivity index (χ3v) is 5.43. The lowest BCUT2D eigenvalue weighted by molar-refractivity contribution is -0.125. The van der Waals surface area contributed by atoms with Crippen molar-refractivity contribution < 1.29 is 18.0 Å². The van der Waals surface area contributed by atoms with Gasteiger partial charge in [0.1, 0.15) is 6.04 Å². The molecule has 0 aliphatic heterocycles. The second kappa shape index (κ2) is 7.85. The zero-order valence-corrected chi connectivity index (χ0v) is 16.3. The molecule has 2 aromatic carbocycles. The van der Waals surface area contributed by atoms with Crippen LogP contribution in [0.15, 0.2) is 59.6 Å². The van der Waals surface area contributed by atoms with Crippen molar-refractivity contribution in [2.75, 3.05) is 11.6 Å². The highest BCUT2D eigenvalue weighted by Gasteiger charge is 2.22. The molecule has 0 spiro atoms. The molecule has 0 aliphatic carbocycles. The SMILES string of the molecule is CC(=O)NC(Cc1c[nH]c2ccccc12)C(=O)Nc1cccc(S(C)(=O)=O)c1. The van der Waals surface area contributed by atoms with E-state index in [0.717, 1.165) is 22.7 Å². The molecule has 2 amide bonds. The van der Waals surface area contributed by atoms with Crippen molar-refractivity contribution in [1.82, 2.24) is 10.3 Å². The fraction of sp³-hybridized carbons (Fsp3) is 0.200. The van der Waals surface area contributed by atoms with Gasteiger partial charge in [-0.1, -0.05) is 24.3 Å². The lowest BCUT2D eigenvalue weighted by Gasteiger charge is -2.18. The van der Waals surface area contributed by atoms with E-state index in [2.05, 4.69) is 15.6 Å². The normalized spacial score (nSPS) is 12.5. The average molecular weight is 399 g/mol. The number of para-hydroxylation sites is 1. The molecule has 146 valence electrons. The standard InChI is InChI=1S/C20H21N3O4S/c1-13(24)22-19(10-14-12-21-18-9-4-3-8-17(14)18)20(25)23-15-6-5-7-16(11-15)28(2,26)27/h3-9,11-12,19,21H,10H2,1-2H3,(H,22,24)(H,23,25). The number of benzene rings is 2. The van der Waals surface area contributed by atoms with Crippen molar-refractivity contribution in [2.24, 2.45) is 0 Å². The molecular formula is C20H21N3O4S. The maximum Gasteiger partial charge on any atom is 0.247 e.